The minimum atomic E-state index is -3.87. The van der Waals surface area contributed by atoms with Crippen LogP contribution in [0.5, 0.6) is 0 Å². The Balaban J connectivity index is 1.66. The molecule has 3 aromatic rings. The van der Waals surface area contributed by atoms with E-state index >= 15 is 0 Å². The van der Waals surface area contributed by atoms with Gasteiger partial charge in [0.2, 0.25) is 5.91 Å². The Morgan fingerprint density at radius 2 is 1.81 bits per heavy atom. The number of oxazole rings is 1. The summed E-state index contributed by atoms with van der Waals surface area (Å²) in [5, 5.41) is 9.73. The molecule has 3 heterocycles. The highest BCUT2D eigenvalue weighted by Crippen LogP contribution is 2.45. The van der Waals surface area contributed by atoms with Crippen LogP contribution in [0, 0.1) is 5.41 Å². The number of rotatable bonds is 6. The molecule has 1 saturated heterocycles. The molecule has 4 rings (SSSR count). The minimum absolute atomic E-state index is 0.0436. The number of amides is 1. The van der Waals surface area contributed by atoms with Crippen LogP contribution in [0.1, 0.15) is 44.9 Å². The van der Waals surface area contributed by atoms with Gasteiger partial charge in [-0.25, -0.2) is 13.4 Å². The van der Waals surface area contributed by atoms with E-state index in [-0.39, 0.29) is 36.6 Å². The highest BCUT2D eigenvalue weighted by molar-refractivity contribution is 7.92. The standard InChI is InChI=1S/C26H30N2O6S2/c1-25(2,3)14-23(29)28-11-10-26(15-24(30)31,36(32,33)13-12-28)22-9-8-21(35-22)19-6-4-18(5-7-19)20-16-27-17-34-20/h4-9,16-17H,10-15H2,1-3H3,(H,30,31)/t26-/m0/s1. The maximum atomic E-state index is 13.6. The summed E-state index contributed by atoms with van der Waals surface area (Å²) < 4.78 is 31.0. The fourth-order valence-electron chi connectivity index (χ4n) is 4.52. The lowest BCUT2D eigenvalue weighted by molar-refractivity contribution is -0.137. The van der Waals surface area contributed by atoms with Crippen molar-refractivity contribution in [3.8, 4) is 21.8 Å². The van der Waals surface area contributed by atoms with Gasteiger partial charge in [0.25, 0.3) is 0 Å². The Kier molecular flexibility index (Phi) is 7.12. The van der Waals surface area contributed by atoms with Gasteiger partial charge < -0.3 is 14.4 Å². The zero-order valence-electron chi connectivity index (χ0n) is 20.6. The van der Waals surface area contributed by atoms with Crippen molar-refractivity contribution in [2.75, 3.05) is 18.8 Å². The van der Waals surface area contributed by atoms with Gasteiger partial charge in [-0.05, 0) is 29.5 Å². The predicted octanol–water partition coefficient (Wildman–Crippen LogP) is 4.82. The van der Waals surface area contributed by atoms with Crippen molar-refractivity contribution in [2.45, 2.75) is 44.8 Å². The van der Waals surface area contributed by atoms with Crippen LogP contribution in [0.25, 0.3) is 21.8 Å². The summed E-state index contributed by atoms with van der Waals surface area (Å²) in [6, 6.07) is 11.2. The zero-order valence-corrected chi connectivity index (χ0v) is 22.2. The van der Waals surface area contributed by atoms with Gasteiger partial charge in [-0.1, -0.05) is 45.0 Å². The number of carboxylic acids is 1. The number of aromatic nitrogens is 1. The second-order valence-electron chi connectivity index (χ2n) is 10.4. The van der Waals surface area contributed by atoms with E-state index in [2.05, 4.69) is 4.98 Å². The fourth-order valence-corrected chi connectivity index (χ4v) is 8.13. The molecule has 10 heteroatoms. The van der Waals surface area contributed by atoms with Crippen molar-refractivity contribution in [1.29, 1.82) is 0 Å². The van der Waals surface area contributed by atoms with E-state index in [0.717, 1.165) is 16.0 Å². The van der Waals surface area contributed by atoms with Crippen molar-refractivity contribution in [3.63, 3.8) is 0 Å². The summed E-state index contributed by atoms with van der Waals surface area (Å²) in [7, 11) is -3.87. The lowest BCUT2D eigenvalue weighted by Crippen LogP contribution is -2.39. The van der Waals surface area contributed by atoms with Gasteiger partial charge in [0.15, 0.2) is 22.0 Å². The average molecular weight is 531 g/mol. The molecule has 0 saturated carbocycles. The molecule has 1 fully saturated rings. The lowest BCUT2D eigenvalue weighted by Gasteiger charge is -2.30. The number of thiophene rings is 1. The Bertz CT molecular complexity index is 1340. The largest absolute Gasteiger partial charge is 0.481 e. The Morgan fingerprint density at radius 3 is 2.42 bits per heavy atom. The molecule has 0 aliphatic carbocycles. The molecule has 1 atom stereocenters. The maximum Gasteiger partial charge on any atom is 0.305 e. The van der Waals surface area contributed by atoms with Crippen molar-refractivity contribution in [2.24, 2.45) is 5.41 Å². The molecule has 0 radical (unpaired) electrons. The third-order valence-electron chi connectivity index (χ3n) is 6.42. The number of hydrogen-bond acceptors (Lipinski definition) is 7. The molecule has 0 unspecified atom stereocenters. The number of benzene rings is 1. The SMILES string of the molecule is CC(C)(C)CC(=O)N1CC[C@](CC(=O)O)(c2ccc(-c3ccc(-c4cnco4)cc3)s2)S(=O)(=O)CC1. The highest BCUT2D eigenvalue weighted by atomic mass is 32.2. The quantitative estimate of drug-likeness (QED) is 0.485. The summed E-state index contributed by atoms with van der Waals surface area (Å²) in [5.74, 6) is -0.916. The van der Waals surface area contributed by atoms with Crippen molar-refractivity contribution in [1.82, 2.24) is 9.88 Å². The Labute approximate surface area is 214 Å². The van der Waals surface area contributed by atoms with E-state index < -0.39 is 27.0 Å². The van der Waals surface area contributed by atoms with Gasteiger partial charge in [-0.2, -0.15) is 0 Å². The molecule has 1 aromatic carbocycles. The summed E-state index contributed by atoms with van der Waals surface area (Å²) in [5.41, 5.74) is 1.52. The molecule has 1 aliphatic heterocycles. The van der Waals surface area contributed by atoms with Crippen LogP contribution in [-0.4, -0.2) is 54.1 Å². The molecule has 192 valence electrons. The van der Waals surface area contributed by atoms with Crippen LogP contribution in [-0.2, 0) is 24.2 Å². The number of aliphatic carboxylic acids is 1. The first-order chi connectivity index (χ1) is 16.9. The second kappa shape index (κ2) is 9.82. The van der Waals surface area contributed by atoms with Gasteiger partial charge in [-0.3, -0.25) is 9.59 Å². The third kappa shape index (κ3) is 5.39. The van der Waals surface area contributed by atoms with E-state index in [9.17, 15) is 23.1 Å². The number of nitrogens with zero attached hydrogens (tertiary/aromatic N) is 2. The van der Waals surface area contributed by atoms with Crippen LogP contribution in [0.3, 0.4) is 0 Å². The number of hydrogen-bond donors (Lipinski definition) is 1. The summed E-state index contributed by atoms with van der Waals surface area (Å²) in [4.78, 5) is 31.6. The first kappa shape index (κ1) is 26.1. The molecule has 1 amide bonds. The van der Waals surface area contributed by atoms with E-state index in [1.54, 1.807) is 17.2 Å². The first-order valence-electron chi connectivity index (χ1n) is 11.7. The van der Waals surface area contributed by atoms with E-state index in [0.29, 0.717) is 17.1 Å². The molecule has 1 N–H and O–H groups in total. The first-order valence-corrected chi connectivity index (χ1v) is 14.2. The van der Waals surface area contributed by atoms with Crippen molar-refractivity contribution in [3.05, 3.63) is 53.9 Å². The van der Waals surface area contributed by atoms with Crippen LogP contribution in [0.4, 0.5) is 0 Å². The highest BCUT2D eigenvalue weighted by Gasteiger charge is 2.50. The summed E-state index contributed by atoms with van der Waals surface area (Å²) >= 11 is 1.29. The van der Waals surface area contributed by atoms with Gasteiger partial charge in [0, 0.05) is 34.8 Å². The number of sulfone groups is 1. The summed E-state index contributed by atoms with van der Waals surface area (Å²) in [6.45, 7) is 6.14. The van der Waals surface area contributed by atoms with Gasteiger partial charge in [0.05, 0.1) is 18.4 Å². The van der Waals surface area contributed by atoms with Gasteiger partial charge >= 0.3 is 5.97 Å². The van der Waals surface area contributed by atoms with Crippen LogP contribution < -0.4 is 0 Å². The smallest absolute Gasteiger partial charge is 0.305 e. The molecule has 8 nitrogen and oxygen atoms in total. The van der Waals surface area contributed by atoms with E-state index in [1.165, 1.54) is 17.7 Å². The van der Waals surface area contributed by atoms with Crippen LogP contribution in [0.2, 0.25) is 0 Å². The van der Waals surface area contributed by atoms with E-state index in [1.807, 2.05) is 51.1 Å². The number of carbonyl (C=O) groups excluding carboxylic acids is 1. The third-order valence-corrected chi connectivity index (χ3v) is 10.4. The Hall–Kier alpha value is -2.98. The average Bonchev–Trinajstić information content (AvgIpc) is 3.47. The molecule has 2 aromatic heterocycles. The Morgan fingerprint density at radius 1 is 1.11 bits per heavy atom. The predicted molar refractivity (Wildman–Crippen MR) is 138 cm³/mol. The lowest BCUT2D eigenvalue weighted by atomic mass is 9.91. The second-order valence-corrected chi connectivity index (χ2v) is 13.9. The maximum absolute atomic E-state index is 13.6. The molecular formula is C26H30N2O6S2. The topological polar surface area (TPSA) is 118 Å². The van der Waals surface area contributed by atoms with Crippen LogP contribution in [0.15, 0.2) is 53.4 Å². The van der Waals surface area contributed by atoms with Gasteiger partial charge in [-0.15, -0.1) is 11.3 Å². The fraction of sp³-hybridized carbons (Fsp3) is 0.423. The normalized spacial score (nSPS) is 20.1. The monoisotopic (exact) mass is 530 g/mol. The number of carbonyl (C=O) groups is 2. The molecular weight excluding hydrogens is 500 g/mol. The zero-order chi connectivity index (χ0) is 26.1. The number of carboxylic acid groups (broad SMARTS) is 1. The molecule has 36 heavy (non-hydrogen) atoms. The molecule has 1 aliphatic rings. The van der Waals surface area contributed by atoms with Gasteiger partial charge in [0.1, 0.15) is 4.75 Å². The van der Waals surface area contributed by atoms with Crippen LogP contribution >= 0.6 is 11.3 Å². The minimum Gasteiger partial charge on any atom is -0.481 e. The van der Waals surface area contributed by atoms with Crippen molar-refractivity contribution < 1.29 is 27.5 Å². The molecule has 0 bridgehead atoms. The van der Waals surface area contributed by atoms with E-state index in [4.69, 9.17) is 4.42 Å². The molecule has 0 spiro atoms. The summed E-state index contributed by atoms with van der Waals surface area (Å²) in [6.07, 6.45) is 2.79. The van der Waals surface area contributed by atoms with Crippen molar-refractivity contribution >= 4 is 33.1 Å².